The summed E-state index contributed by atoms with van der Waals surface area (Å²) >= 11 is 7.59. The topological polar surface area (TPSA) is 75.0 Å². The molecule has 2 heterocycles. The Morgan fingerprint density at radius 1 is 1.09 bits per heavy atom. The first-order valence-corrected chi connectivity index (χ1v) is 11.4. The Bertz CT molecular complexity index is 1090. The highest BCUT2D eigenvalue weighted by atomic mass is 35.5. The molecule has 1 aliphatic rings. The van der Waals surface area contributed by atoms with E-state index >= 15 is 0 Å². The molecule has 2 unspecified atom stereocenters. The number of ether oxygens (including phenoxy) is 1. The summed E-state index contributed by atoms with van der Waals surface area (Å²) in [6.45, 7) is -0.158. The number of nitrogens with zero attached hydrogens (tertiary/aromatic N) is 3. The molecule has 6 nitrogen and oxygen atoms in total. The second-order valence-corrected chi connectivity index (χ2v) is 8.64. The molecule has 32 heavy (non-hydrogen) atoms. The SMILES string of the molecule is COc1ccc(C2C(c3ccc(Cl)cc3)N=C(SCc3ccccn3)N2CC(=O)O)cc1. The van der Waals surface area contributed by atoms with Crippen molar-refractivity contribution >= 4 is 34.5 Å². The fourth-order valence-electron chi connectivity index (χ4n) is 3.69. The van der Waals surface area contributed by atoms with E-state index in [1.165, 1.54) is 11.8 Å². The Kier molecular flexibility index (Phi) is 6.97. The van der Waals surface area contributed by atoms with Gasteiger partial charge in [-0.3, -0.25) is 14.8 Å². The highest BCUT2D eigenvalue weighted by Gasteiger charge is 2.39. The molecule has 0 fully saturated rings. The highest BCUT2D eigenvalue weighted by Crippen LogP contribution is 2.44. The van der Waals surface area contributed by atoms with E-state index in [1.807, 2.05) is 71.6 Å². The molecule has 4 rings (SSSR count). The zero-order valence-electron chi connectivity index (χ0n) is 17.4. The lowest BCUT2D eigenvalue weighted by molar-refractivity contribution is -0.137. The first-order valence-electron chi connectivity index (χ1n) is 10.0. The van der Waals surface area contributed by atoms with Crippen molar-refractivity contribution in [2.24, 2.45) is 4.99 Å². The minimum Gasteiger partial charge on any atom is -0.497 e. The molecule has 2 atom stereocenters. The van der Waals surface area contributed by atoms with Gasteiger partial charge in [0.2, 0.25) is 0 Å². The number of halogens is 1. The highest BCUT2D eigenvalue weighted by molar-refractivity contribution is 8.13. The number of aromatic nitrogens is 1. The van der Waals surface area contributed by atoms with Crippen molar-refractivity contribution in [2.75, 3.05) is 13.7 Å². The predicted molar refractivity (Wildman–Crippen MR) is 127 cm³/mol. The third kappa shape index (κ3) is 5.06. The summed E-state index contributed by atoms with van der Waals surface area (Å²) < 4.78 is 5.29. The predicted octanol–water partition coefficient (Wildman–Crippen LogP) is 5.22. The van der Waals surface area contributed by atoms with Gasteiger partial charge in [0.05, 0.1) is 18.8 Å². The molecule has 0 spiro atoms. The van der Waals surface area contributed by atoms with Crippen molar-refractivity contribution in [2.45, 2.75) is 17.8 Å². The molecule has 164 valence electrons. The smallest absolute Gasteiger partial charge is 0.323 e. The minimum absolute atomic E-state index is 0.158. The lowest BCUT2D eigenvalue weighted by atomic mass is 9.93. The van der Waals surface area contributed by atoms with Gasteiger partial charge < -0.3 is 14.7 Å². The van der Waals surface area contributed by atoms with Gasteiger partial charge in [0, 0.05) is 17.0 Å². The Morgan fingerprint density at radius 3 is 2.44 bits per heavy atom. The number of rotatable bonds is 7. The van der Waals surface area contributed by atoms with Crippen LogP contribution in [0.2, 0.25) is 5.02 Å². The van der Waals surface area contributed by atoms with Crippen molar-refractivity contribution in [3.63, 3.8) is 0 Å². The van der Waals surface area contributed by atoms with Gasteiger partial charge in [0.15, 0.2) is 5.17 Å². The van der Waals surface area contributed by atoms with Crippen molar-refractivity contribution in [3.05, 3.63) is 94.8 Å². The number of amidine groups is 1. The summed E-state index contributed by atoms with van der Waals surface area (Å²) in [5, 5.41) is 11.0. The number of carboxylic acids is 1. The number of benzene rings is 2. The van der Waals surface area contributed by atoms with E-state index in [2.05, 4.69) is 4.98 Å². The second-order valence-electron chi connectivity index (χ2n) is 7.26. The maximum Gasteiger partial charge on any atom is 0.323 e. The monoisotopic (exact) mass is 467 g/mol. The van der Waals surface area contributed by atoms with Crippen LogP contribution in [0.5, 0.6) is 5.75 Å². The van der Waals surface area contributed by atoms with Crippen LogP contribution in [0.1, 0.15) is 28.9 Å². The summed E-state index contributed by atoms with van der Waals surface area (Å²) in [4.78, 5) is 23.0. The molecule has 0 saturated heterocycles. The Morgan fingerprint density at radius 2 is 1.81 bits per heavy atom. The first kappa shape index (κ1) is 22.2. The fraction of sp³-hybridized carbons (Fsp3) is 0.208. The molecule has 1 N–H and O–H groups in total. The van der Waals surface area contributed by atoms with Gasteiger partial charge in [-0.1, -0.05) is 53.7 Å². The van der Waals surface area contributed by atoms with Gasteiger partial charge in [0.25, 0.3) is 0 Å². The average molecular weight is 468 g/mol. The van der Waals surface area contributed by atoms with Crippen LogP contribution in [0, 0.1) is 0 Å². The third-order valence-corrected chi connectivity index (χ3v) is 6.47. The molecule has 0 aliphatic carbocycles. The normalized spacial score (nSPS) is 17.8. The number of hydrogen-bond acceptors (Lipinski definition) is 6. The van der Waals surface area contributed by atoms with Crippen molar-refractivity contribution in [3.8, 4) is 5.75 Å². The van der Waals surface area contributed by atoms with Crippen LogP contribution >= 0.6 is 23.4 Å². The van der Waals surface area contributed by atoms with Crippen LogP contribution in [0.25, 0.3) is 0 Å². The minimum atomic E-state index is -0.911. The molecule has 0 radical (unpaired) electrons. The number of pyridine rings is 1. The quantitative estimate of drug-likeness (QED) is 0.513. The van der Waals surface area contributed by atoms with E-state index in [0.29, 0.717) is 15.9 Å². The average Bonchev–Trinajstić information content (AvgIpc) is 3.16. The zero-order valence-corrected chi connectivity index (χ0v) is 19.0. The van der Waals surface area contributed by atoms with Crippen molar-refractivity contribution in [1.82, 2.24) is 9.88 Å². The standard InChI is InChI=1S/C24H22ClN3O3S/c1-31-20-11-7-17(8-12-20)23-22(16-5-9-18(25)10-6-16)27-24(28(23)14-21(29)30)32-15-19-4-2-3-13-26-19/h2-13,22-23H,14-15H2,1H3,(H,29,30). The largest absolute Gasteiger partial charge is 0.497 e. The van der Waals surface area contributed by atoms with Gasteiger partial charge in [-0.25, -0.2) is 0 Å². The number of hydrogen-bond donors (Lipinski definition) is 1. The summed E-state index contributed by atoms with van der Waals surface area (Å²) in [7, 11) is 1.62. The second kappa shape index (κ2) is 10.1. The van der Waals surface area contributed by atoms with Crippen LogP contribution in [0.4, 0.5) is 0 Å². The maximum atomic E-state index is 11.8. The molecular weight excluding hydrogens is 446 g/mol. The summed E-state index contributed by atoms with van der Waals surface area (Å²) in [5.41, 5.74) is 2.84. The van der Waals surface area contributed by atoms with Crippen LogP contribution in [-0.2, 0) is 10.5 Å². The van der Waals surface area contributed by atoms with Crippen LogP contribution in [0.15, 0.2) is 77.9 Å². The number of aliphatic imine (C=N–C) groups is 1. The van der Waals surface area contributed by atoms with Crippen LogP contribution in [0.3, 0.4) is 0 Å². The molecule has 0 saturated carbocycles. The van der Waals surface area contributed by atoms with Crippen molar-refractivity contribution in [1.29, 1.82) is 0 Å². The Balaban J connectivity index is 1.71. The lowest BCUT2D eigenvalue weighted by Crippen LogP contribution is -2.35. The maximum absolute atomic E-state index is 11.8. The summed E-state index contributed by atoms with van der Waals surface area (Å²) in [6, 6.07) is 20.4. The number of methoxy groups -OCH3 is 1. The molecule has 1 aliphatic heterocycles. The number of thioether (sulfide) groups is 1. The van der Waals surface area contributed by atoms with Gasteiger partial charge in [-0.15, -0.1) is 0 Å². The van der Waals surface area contributed by atoms with E-state index in [-0.39, 0.29) is 18.6 Å². The number of carboxylic acid groups (broad SMARTS) is 1. The first-order chi connectivity index (χ1) is 15.5. The third-order valence-electron chi connectivity index (χ3n) is 5.18. The Hall–Kier alpha value is -3.03. The van der Waals surface area contributed by atoms with E-state index in [4.69, 9.17) is 21.3 Å². The van der Waals surface area contributed by atoms with E-state index in [9.17, 15) is 9.90 Å². The van der Waals surface area contributed by atoms with Crippen molar-refractivity contribution < 1.29 is 14.6 Å². The van der Waals surface area contributed by atoms with Gasteiger partial charge in [-0.05, 0) is 47.5 Å². The number of carbonyl (C=O) groups is 1. The number of aliphatic carboxylic acids is 1. The zero-order chi connectivity index (χ0) is 22.5. The molecule has 0 amide bonds. The van der Waals surface area contributed by atoms with Gasteiger partial charge in [0.1, 0.15) is 18.3 Å². The molecule has 0 bridgehead atoms. The molecule has 3 aromatic rings. The van der Waals surface area contributed by atoms with Crippen LogP contribution in [-0.4, -0.2) is 39.8 Å². The summed E-state index contributed by atoms with van der Waals surface area (Å²) in [5.74, 6) is 0.426. The van der Waals surface area contributed by atoms with Gasteiger partial charge in [-0.2, -0.15) is 0 Å². The summed E-state index contributed by atoms with van der Waals surface area (Å²) in [6.07, 6.45) is 1.75. The molecule has 8 heteroatoms. The van der Waals surface area contributed by atoms with E-state index < -0.39 is 5.97 Å². The fourth-order valence-corrected chi connectivity index (χ4v) is 4.79. The van der Waals surface area contributed by atoms with E-state index in [1.54, 1.807) is 13.3 Å². The molecule has 2 aromatic carbocycles. The lowest BCUT2D eigenvalue weighted by Gasteiger charge is -2.29. The van der Waals surface area contributed by atoms with E-state index in [0.717, 1.165) is 22.6 Å². The van der Waals surface area contributed by atoms with Crippen LogP contribution < -0.4 is 4.74 Å². The molecular formula is C24H22ClN3O3S. The van der Waals surface area contributed by atoms with Gasteiger partial charge >= 0.3 is 5.97 Å². The Labute approximate surface area is 195 Å². The molecule has 1 aromatic heterocycles.